The molecular weight excluding hydrogens is 314 g/mol. The third-order valence-corrected chi connectivity index (χ3v) is 5.72. The number of nitrogens with zero attached hydrogens (tertiary/aromatic N) is 2. The number of carbonyl (C=O) groups excluding carboxylic acids is 1. The van der Waals surface area contributed by atoms with E-state index >= 15 is 0 Å². The van der Waals surface area contributed by atoms with Gasteiger partial charge in [-0.15, -0.1) is 22.7 Å². The third-order valence-electron chi connectivity index (χ3n) is 3.84. The summed E-state index contributed by atoms with van der Waals surface area (Å²) in [4.78, 5) is 23.2. The molecule has 0 aromatic carbocycles. The molecule has 0 unspecified atom stereocenters. The highest BCUT2D eigenvalue weighted by molar-refractivity contribution is 7.20. The van der Waals surface area contributed by atoms with Crippen LogP contribution < -0.4 is 0 Å². The first-order valence-corrected chi connectivity index (χ1v) is 9.05. The summed E-state index contributed by atoms with van der Waals surface area (Å²) < 4.78 is 0. The van der Waals surface area contributed by atoms with Gasteiger partial charge >= 0.3 is 0 Å². The van der Waals surface area contributed by atoms with Crippen LogP contribution in [0.3, 0.4) is 0 Å². The highest BCUT2D eigenvalue weighted by Gasteiger charge is 2.21. The van der Waals surface area contributed by atoms with E-state index in [-0.39, 0.29) is 5.91 Å². The number of hydrogen-bond acceptors (Lipinski definition) is 4. The highest BCUT2D eigenvalue weighted by atomic mass is 32.1. The number of amides is 1. The normalized spacial score (nSPS) is 14.6. The molecule has 4 rings (SSSR count). The topological polar surface area (TPSA) is 49.0 Å². The molecule has 6 heteroatoms. The van der Waals surface area contributed by atoms with Gasteiger partial charge in [-0.1, -0.05) is 6.07 Å². The SMILES string of the molecule is O=C(c1cc(-c2csc(-c3cccs3)n2)c[nH]1)N1CCCC1. The van der Waals surface area contributed by atoms with E-state index in [4.69, 9.17) is 0 Å². The van der Waals surface area contributed by atoms with E-state index in [9.17, 15) is 4.79 Å². The average Bonchev–Trinajstić information content (AvgIpc) is 3.35. The molecule has 0 saturated carbocycles. The van der Waals surface area contributed by atoms with Crippen LogP contribution in [0.1, 0.15) is 23.3 Å². The smallest absolute Gasteiger partial charge is 0.270 e. The van der Waals surface area contributed by atoms with Crippen LogP contribution in [0.25, 0.3) is 21.1 Å². The number of nitrogens with one attached hydrogen (secondary N) is 1. The van der Waals surface area contributed by atoms with Crippen LogP contribution in [-0.2, 0) is 0 Å². The molecule has 3 aromatic rings. The lowest BCUT2D eigenvalue weighted by molar-refractivity contribution is 0.0788. The summed E-state index contributed by atoms with van der Waals surface area (Å²) in [7, 11) is 0. The predicted octanol–water partition coefficient (Wildman–Crippen LogP) is 4.10. The van der Waals surface area contributed by atoms with E-state index in [1.165, 1.54) is 4.88 Å². The van der Waals surface area contributed by atoms with E-state index in [0.717, 1.165) is 42.2 Å². The Bertz CT molecular complexity index is 782. The second-order valence-electron chi connectivity index (χ2n) is 5.32. The maximum absolute atomic E-state index is 12.4. The first kappa shape index (κ1) is 13.7. The van der Waals surface area contributed by atoms with Crippen molar-refractivity contribution in [1.82, 2.24) is 14.9 Å². The van der Waals surface area contributed by atoms with E-state index in [0.29, 0.717) is 5.69 Å². The van der Waals surface area contributed by atoms with Crippen LogP contribution in [0.5, 0.6) is 0 Å². The number of rotatable bonds is 3. The molecule has 4 heterocycles. The number of thiazole rings is 1. The lowest BCUT2D eigenvalue weighted by Crippen LogP contribution is -2.27. The minimum Gasteiger partial charge on any atom is -0.357 e. The summed E-state index contributed by atoms with van der Waals surface area (Å²) in [5, 5.41) is 5.13. The van der Waals surface area contributed by atoms with E-state index in [1.54, 1.807) is 22.7 Å². The monoisotopic (exact) mass is 329 g/mol. The Hall–Kier alpha value is -1.92. The molecule has 4 nitrogen and oxygen atoms in total. The summed E-state index contributed by atoms with van der Waals surface area (Å²) in [6.07, 6.45) is 4.09. The molecule has 3 aromatic heterocycles. The van der Waals surface area contributed by atoms with Crippen molar-refractivity contribution >= 4 is 28.6 Å². The summed E-state index contributed by atoms with van der Waals surface area (Å²) in [5.74, 6) is 0.0949. The van der Waals surface area contributed by atoms with Crippen LogP contribution >= 0.6 is 22.7 Å². The van der Waals surface area contributed by atoms with Gasteiger partial charge < -0.3 is 9.88 Å². The summed E-state index contributed by atoms with van der Waals surface area (Å²) in [6, 6.07) is 6.02. The van der Waals surface area contributed by atoms with Gasteiger partial charge in [-0.05, 0) is 30.4 Å². The van der Waals surface area contributed by atoms with Gasteiger partial charge in [-0.3, -0.25) is 4.79 Å². The van der Waals surface area contributed by atoms with Crippen LogP contribution in [0.15, 0.2) is 35.2 Å². The maximum Gasteiger partial charge on any atom is 0.270 e. The molecule has 1 fully saturated rings. The average molecular weight is 329 g/mol. The summed E-state index contributed by atoms with van der Waals surface area (Å²) >= 11 is 3.33. The predicted molar refractivity (Wildman–Crippen MR) is 90.4 cm³/mol. The fraction of sp³-hybridized carbons (Fsp3) is 0.250. The minimum absolute atomic E-state index is 0.0949. The molecule has 1 aliphatic rings. The number of thiophene rings is 1. The Balaban J connectivity index is 1.57. The molecule has 0 atom stereocenters. The van der Waals surface area contributed by atoms with E-state index in [2.05, 4.69) is 21.4 Å². The molecule has 0 radical (unpaired) electrons. The number of H-pyrrole nitrogens is 1. The third kappa shape index (κ3) is 2.48. The molecule has 1 saturated heterocycles. The van der Waals surface area contributed by atoms with Crippen molar-refractivity contribution < 1.29 is 4.79 Å². The Labute approximate surface area is 136 Å². The number of aromatic nitrogens is 2. The number of carbonyl (C=O) groups is 1. The zero-order valence-corrected chi connectivity index (χ0v) is 13.5. The first-order chi connectivity index (χ1) is 10.8. The van der Waals surface area contributed by atoms with Crippen LogP contribution in [0.4, 0.5) is 0 Å². The van der Waals surface area contributed by atoms with Crippen molar-refractivity contribution in [3.05, 3.63) is 40.8 Å². The summed E-state index contributed by atoms with van der Waals surface area (Å²) in [6.45, 7) is 1.73. The Morgan fingerprint density at radius 1 is 1.27 bits per heavy atom. The van der Waals surface area contributed by atoms with Crippen molar-refractivity contribution in [3.63, 3.8) is 0 Å². The van der Waals surface area contributed by atoms with Gasteiger partial charge in [0.05, 0.1) is 10.6 Å². The second-order valence-corrected chi connectivity index (χ2v) is 7.12. The van der Waals surface area contributed by atoms with Gasteiger partial charge in [0.15, 0.2) is 0 Å². The fourth-order valence-electron chi connectivity index (χ4n) is 2.68. The van der Waals surface area contributed by atoms with Crippen LogP contribution in [-0.4, -0.2) is 33.9 Å². The number of likely N-dealkylation sites (tertiary alicyclic amines) is 1. The van der Waals surface area contributed by atoms with E-state index in [1.807, 2.05) is 28.6 Å². The molecule has 1 N–H and O–H groups in total. The molecule has 0 bridgehead atoms. The summed E-state index contributed by atoms with van der Waals surface area (Å²) in [5.41, 5.74) is 2.55. The van der Waals surface area contributed by atoms with Crippen molar-refractivity contribution in [1.29, 1.82) is 0 Å². The quantitative estimate of drug-likeness (QED) is 0.786. The van der Waals surface area contributed by atoms with Crippen molar-refractivity contribution in [2.45, 2.75) is 12.8 Å². The highest BCUT2D eigenvalue weighted by Crippen LogP contribution is 2.31. The van der Waals surface area contributed by atoms with Gasteiger partial charge in [-0.25, -0.2) is 4.98 Å². The molecule has 22 heavy (non-hydrogen) atoms. The lowest BCUT2D eigenvalue weighted by atomic mass is 10.2. The maximum atomic E-state index is 12.4. The molecule has 1 aliphatic heterocycles. The largest absolute Gasteiger partial charge is 0.357 e. The van der Waals surface area contributed by atoms with E-state index < -0.39 is 0 Å². The zero-order chi connectivity index (χ0) is 14.9. The minimum atomic E-state index is 0.0949. The second kappa shape index (κ2) is 5.70. The molecular formula is C16H15N3OS2. The van der Waals surface area contributed by atoms with Crippen molar-refractivity contribution in [2.75, 3.05) is 13.1 Å². The van der Waals surface area contributed by atoms with Gasteiger partial charge in [0.2, 0.25) is 0 Å². The van der Waals surface area contributed by atoms with Gasteiger partial charge in [0.1, 0.15) is 10.7 Å². The molecule has 0 aliphatic carbocycles. The van der Waals surface area contributed by atoms with Gasteiger partial charge in [-0.2, -0.15) is 0 Å². The standard InChI is InChI=1S/C16H15N3OS2/c20-16(19-5-1-2-6-19)12-8-11(9-17-12)13-10-22-15(18-13)14-4-3-7-21-14/h3-4,7-10,17H,1-2,5-6H2. The van der Waals surface area contributed by atoms with Crippen LogP contribution in [0, 0.1) is 0 Å². The van der Waals surface area contributed by atoms with Crippen molar-refractivity contribution in [2.24, 2.45) is 0 Å². The number of aromatic amines is 1. The number of hydrogen-bond donors (Lipinski definition) is 1. The zero-order valence-electron chi connectivity index (χ0n) is 11.9. The Morgan fingerprint density at radius 3 is 2.91 bits per heavy atom. The molecule has 112 valence electrons. The van der Waals surface area contributed by atoms with Gasteiger partial charge in [0.25, 0.3) is 5.91 Å². The van der Waals surface area contributed by atoms with Gasteiger partial charge in [0, 0.05) is 30.2 Å². The molecule has 0 spiro atoms. The fourth-order valence-corrected chi connectivity index (χ4v) is 4.32. The lowest BCUT2D eigenvalue weighted by Gasteiger charge is -2.13. The first-order valence-electron chi connectivity index (χ1n) is 7.29. The van der Waals surface area contributed by atoms with Crippen LogP contribution in [0.2, 0.25) is 0 Å². The molecule has 1 amide bonds. The van der Waals surface area contributed by atoms with Crippen molar-refractivity contribution in [3.8, 4) is 21.1 Å². The Kier molecular flexibility index (Phi) is 3.56. The Morgan fingerprint density at radius 2 is 2.14 bits per heavy atom.